The molecule has 0 aliphatic heterocycles. The highest BCUT2D eigenvalue weighted by molar-refractivity contribution is 5.98. The zero-order valence-corrected chi connectivity index (χ0v) is 12.3. The van der Waals surface area contributed by atoms with Crippen molar-refractivity contribution in [1.82, 2.24) is 0 Å². The van der Waals surface area contributed by atoms with Gasteiger partial charge in [-0.15, -0.1) is 0 Å². The first-order valence-corrected chi connectivity index (χ1v) is 7.48. The van der Waals surface area contributed by atoms with E-state index < -0.39 is 17.4 Å². The maximum atomic E-state index is 11.3. The Bertz CT molecular complexity index is 259. The first kappa shape index (κ1) is 17.9. The van der Waals surface area contributed by atoms with Crippen LogP contribution in [0.2, 0.25) is 0 Å². The molecular formula is C15H28O4. The third-order valence-electron chi connectivity index (χ3n) is 3.70. The summed E-state index contributed by atoms with van der Waals surface area (Å²) in [5, 5.41) is 18.4. The fraction of sp³-hybridized carbons (Fsp3) is 0.867. The summed E-state index contributed by atoms with van der Waals surface area (Å²) in [7, 11) is 0. The highest BCUT2D eigenvalue weighted by Gasteiger charge is 2.44. The molecule has 0 unspecified atom stereocenters. The number of hydrogen-bond donors (Lipinski definition) is 2. The molecule has 0 fully saturated rings. The van der Waals surface area contributed by atoms with E-state index in [0.29, 0.717) is 12.8 Å². The summed E-state index contributed by atoms with van der Waals surface area (Å²) >= 11 is 0. The van der Waals surface area contributed by atoms with Crippen LogP contribution < -0.4 is 0 Å². The van der Waals surface area contributed by atoms with Crippen molar-refractivity contribution >= 4 is 11.9 Å². The van der Waals surface area contributed by atoms with Crippen molar-refractivity contribution in [2.75, 3.05) is 0 Å². The summed E-state index contributed by atoms with van der Waals surface area (Å²) in [4.78, 5) is 22.6. The molecule has 0 aromatic heterocycles. The molecule has 0 radical (unpaired) electrons. The second-order valence-electron chi connectivity index (χ2n) is 5.31. The second kappa shape index (κ2) is 9.82. The Labute approximate surface area is 116 Å². The Balaban J connectivity index is 4.13. The van der Waals surface area contributed by atoms with Gasteiger partial charge in [0, 0.05) is 0 Å². The first-order valence-electron chi connectivity index (χ1n) is 7.48. The predicted octanol–water partition coefficient (Wildman–Crippen LogP) is 4.08. The summed E-state index contributed by atoms with van der Waals surface area (Å²) in [5.41, 5.74) is -1.57. The first-order chi connectivity index (χ1) is 9.01. The maximum absolute atomic E-state index is 11.3. The van der Waals surface area contributed by atoms with Gasteiger partial charge in [-0.3, -0.25) is 9.59 Å². The van der Waals surface area contributed by atoms with Gasteiger partial charge in [-0.2, -0.15) is 0 Å². The van der Waals surface area contributed by atoms with Crippen LogP contribution in [-0.4, -0.2) is 22.2 Å². The Morgan fingerprint density at radius 2 is 1.21 bits per heavy atom. The predicted molar refractivity (Wildman–Crippen MR) is 75.2 cm³/mol. The van der Waals surface area contributed by atoms with Gasteiger partial charge in [-0.05, 0) is 12.8 Å². The quantitative estimate of drug-likeness (QED) is 0.414. The van der Waals surface area contributed by atoms with E-state index in [-0.39, 0.29) is 12.8 Å². The zero-order valence-electron chi connectivity index (χ0n) is 12.3. The third-order valence-corrected chi connectivity index (χ3v) is 3.70. The van der Waals surface area contributed by atoms with Crippen molar-refractivity contribution in [3.63, 3.8) is 0 Å². The van der Waals surface area contributed by atoms with E-state index >= 15 is 0 Å². The molecule has 0 amide bonds. The van der Waals surface area contributed by atoms with Gasteiger partial charge in [0.1, 0.15) is 0 Å². The SMILES string of the molecule is CCCCCCCCCC(CCC)(C(=O)O)C(=O)O. The van der Waals surface area contributed by atoms with Crippen molar-refractivity contribution in [2.45, 2.75) is 78.1 Å². The summed E-state index contributed by atoms with van der Waals surface area (Å²) in [6, 6.07) is 0. The summed E-state index contributed by atoms with van der Waals surface area (Å²) in [6.07, 6.45) is 8.55. The van der Waals surface area contributed by atoms with Crippen LogP contribution in [0.25, 0.3) is 0 Å². The zero-order chi connectivity index (χ0) is 14.7. The molecule has 19 heavy (non-hydrogen) atoms. The highest BCUT2D eigenvalue weighted by atomic mass is 16.4. The van der Waals surface area contributed by atoms with Crippen LogP contribution in [0, 0.1) is 5.41 Å². The molecule has 0 bridgehead atoms. The standard InChI is InChI=1S/C15H28O4/c1-3-5-6-7-8-9-10-12-15(11-4-2,13(16)17)14(18)19/h3-12H2,1-2H3,(H,16,17)(H,18,19). The van der Waals surface area contributed by atoms with Gasteiger partial charge in [0.2, 0.25) is 0 Å². The Morgan fingerprint density at radius 3 is 1.63 bits per heavy atom. The van der Waals surface area contributed by atoms with Gasteiger partial charge < -0.3 is 10.2 Å². The molecule has 0 aromatic rings. The lowest BCUT2D eigenvalue weighted by atomic mass is 9.78. The fourth-order valence-electron chi connectivity index (χ4n) is 2.45. The van der Waals surface area contributed by atoms with Gasteiger partial charge in [-0.1, -0.05) is 65.2 Å². The van der Waals surface area contributed by atoms with Crippen LogP contribution in [0.15, 0.2) is 0 Å². The minimum absolute atomic E-state index is 0.216. The molecule has 0 rings (SSSR count). The molecule has 0 atom stereocenters. The Hall–Kier alpha value is -1.06. The second-order valence-corrected chi connectivity index (χ2v) is 5.31. The molecule has 0 heterocycles. The van der Waals surface area contributed by atoms with Crippen LogP contribution in [0.5, 0.6) is 0 Å². The normalized spacial score (nSPS) is 11.5. The van der Waals surface area contributed by atoms with Crippen molar-refractivity contribution in [3.05, 3.63) is 0 Å². The van der Waals surface area contributed by atoms with E-state index in [0.717, 1.165) is 19.3 Å². The average Bonchev–Trinajstić information content (AvgIpc) is 2.35. The minimum Gasteiger partial charge on any atom is -0.480 e. The highest BCUT2D eigenvalue weighted by Crippen LogP contribution is 2.31. The van der Waals surface area contributed by atoms with Crippen molar-refractivity contribution in [3.8, 4) is 0 Å². The van der Waals surface area contributed by atoms with E-state index in [9.17, 15) is 19.8 Å². The van der Waals surface area contributed by atoms with Gasteiger partial charge in [0.25, 0.3) is 0 Å². The average molecular weight is 272 g/mol. The summed E-state index contributed by atoms with van der Waals surface area (Å²) in [5.74, 6) is -2.37. The molecule has 0 spiro atoms. The summed E-state index contributed by atoms with van der Waals surface area (Å²) < 4.78 is 0. The van der Waals surface area contributed by atoms with E-state index in [1.807, 2.05) is 6.92 Å². The van der Waals surface area contributed by atoms with Gasteiger partial charge >= 0.3 is 11.9 Å². The molecule has 4 nitrogen and oxygen atoms in total. The lowest BCUT2D eigenvalue weighted by Gasteiger charge is -2.24. The maximum Gasteiger partial charge on any atom is 0.321 e. The Kier molecular flexibility index (Phi) is 9.27. The number of carboxylic acids is 2. The molecule has 0 aliphatic carbocycles. The molecule has 112 valence electrons. The van der Waals surface area contributed by atoms with Crippen LogP contribution in [0.4, 0.5) is 0 Å². The van der Waals surface area contributed by atoms with Crippen LogP contribution >= 0.6 is 0 Å². The molecular weight excluding hydrogens is 244 g/mol. The lowest BCUT2D eigenvalue weighted by molar-refractivity contribution is -0.166. The van der Waals surface area contributed by atoms with Crippen LogP contribution in [0.1, 0.15) is 78.1 Å². The number of rotatable bonds is 12. The smallest absolute Gasteiger partial charge is 0.321 e. The van der Waals surface area contributed by atoms with Gasteiger partial charge in [0.05, 0.1) is 0 Å². The van der Waals surface area contributed by atoms with Crippen LogP contribution in [-0.2, 0) is 9.59 Å². The number of unbranched alkanes of at least 4 members (excludes halogenated alkanes) is 6. The monoisotopic (exact) mass is 272 g/mol. The third kappa shape index (κ3) is 6.08. The molecule has 4 heteroatoms. The van der Waals surface area contributed by atoms with E-state index in [2.05, 4.69) is 6.92 Å². The Morgan fingerprint density at radius 1 is 0.737 bits per heavy atom. The van der Waals surface area contributed by atoms with Crippen molar-refractivity contribution < 1.29 is 19.8 Å². The van der Waals surface area contributed by atoms with Crippen molar-refractivity contribution in [2.24, 2.45) is 5.41 Å². The number of carbonyl (C=O) groups is 2. The largest absolute Gasteiger partial charge is 0.480 e. The molecule has 0 saturated heterocycles. The lowest BCUT2D eigenvalue weighted by Crippen LogP contribution is -2.39. The van der Waals surface area contributed by atoms with Crippen LogP contribution in [0.3, 0.4) is 0 Å². The molecule has 2 N–H and O–H groups in total. The minimum atomic E-state index is -1.57. The van der Waals surface area contributed by atoms with Gasteiger partial charge in [0.15, 0.2) is 5.41 Å². The van der Waals surface area contributed by atoms with E-state index in [1.54, 1.807) is 0 Å². The number of hydrogen-bond acceptors (Lipinski definition) is 2. The number of carboxylic acid groups (broad SMARTS) is 2. The molecule has 0 aliphatic rings. The molecule has 0 saturated carbocycles. The molecule has 0 aromatic carbocycles. The van der Waals surface area contributed by atoms with E-state index in [4.69, 9.17) is 0 Å². The number of aliphatic carboxylic acids is 2. The van der Waals surface area contributed by atoms with E-state index in [1.165, 1.54) is 19.3 Å². The summed E-state index contributed by atoms with van der Waals surface area (Å²) in [6.45, 7) is 3.99. The fourth-order valence-corrected chi connectivity index (χ4v) is 2.45. The van der Waals surface area contributed by atoms with Crippen molar-refractivity contribution in [1.29, 1.82) is 0 Å². The van der Waals surface area contributed by atoms with Gasteiger partial charge in [-0.25, -0.2) is 0 Å². The topological polar surface area (TPSA) is 74.6 Å².